The third-order valence-corrected chi connectivity index (χ3v) is 2.55. The van der Waals surface area contributed by atoms with E-state index < -0.39 is 0 Å². The Hall–Kier alpha value is -1.70. The van der Waals surface area contributed by atoms with E-state index in [1.165, 1.54) is 23.6 Å². The zero-order valence-corrected chi connectivity index (χ0v) is 12.5. The largest absolute Gasteiger partial charge is 0.508 e. The predicted octanol–water partition coefficient (Wildman–Crippen LogP) is 5.11. The molecule has 106 valence electrons. The van der Waals surface area contributed by atoms with Gasteiger partial charge in [-0.15, -0.1) is 6.58 Å². The van der Waals surface area contributed by atoms with Gasteiger partial charge >= 0.3 is 0 Å². The van der Waals surface area contributed by atoms with Crippen molar-refractivity contribution >= 4 is 0 Å². The maximum absolute atomic E-state index is 8.83. The highest BCUT2D eigenvalue weighted by molar-refractivity contribution is 5.35. The van der Waals surface area contributed by atoms with Gasteiger partial charge in [0.05, 0.1) is 0 Å². The van der Waals surface area contributed by atoms with E-state index in [0.717, 1.165) is 18.4 Å². The molecule has 0 radical (unpaired) electrons. The fourth-order valence-corrected chi connectivity index (χ4v) is 1.60. The van der Waals surface area contributed by atoms with Crippen LogP contribution in [0.1, 0.15) is 45.6 Å². The first-order valence-electron chi connectivity index (χ1n) is 6.64. The summed E-state index contributed by atoms with van der Waals surface area (Å²) in [5.41, 5.74) is 3.63. The minimum atomic E-state index is 0.104. The quantitative estimate of drug-likeness (QED) is 0.741. The fraction of sp³-hybridized carbons (Fsp3) is 0.412. The molecule has 1 aromatic carbocycles. The molecule has 0 unspecified atom stereocenters. The molecular weight excluding hydrogens is 236 g/mol. The molecule has 1 aromatic rings. The Labute approximate surface area is 117 Å². The Bertz CT molecular complexity index is 380. The van der Waals surface area contributed by atoms with Crippen LogP contribution in [0.15, 0.2) is 42.0 Å². The van der Waals surface area contributed by atoms with Crippen molar-refractivity contribution < 1.29 is 10.2 Å². The van der Waals surface area contributed by atoms with Crippen molar-refractivity contribution in [2.24, 2.45) is 0 Å². The topological polar surface area (TPSA) is 40.5 Å². The normalized spacial score (nSPS) is 10.6. The lowest BCUT2D eigenvalue weighted by molar-refractivity contribution is 0.450. The highest BCUT2D eigenvalue weighted by Gasteiger charge is 1.92. The molecule has 0 bridgehead atoms. The summed E-state index contributed by atoms with van der Waals surface area (Å²) in [6.07, 6.45) is 5.76. The SMILES string of the molecule is C=C(C)CC/C(C)=C\CC.Cc1cc(O)cc(O)c1. The first-order valence-corrected chi connectivity index (χ1v) is 6.64. The number of phenolic OH excluding ortho intramolecular Hbond substituents is 2. The summed E-state index contributed by atoms with van der Waals surface area (Å²) < 4.78 is 0. The fourth-order valence-electron chi connectivity index (χ4n) is 1.60. The number of hydrogen-bond acceptors (Lipinski definition) is 2. The number of aryl methyl sites for hydroxylation is 1. The third kappa shape index (κ3) is 9.95. The van der Waals surface area contributed by atoms with E-state index in [1.54, 1.807) is 19.1 Å². The van der Waals surface area contributed by atoms with Crippen molar-refractivity contribution in [2.45, 2.75) is 47.0 Å². The molecule has 0 saturated heterocycles. The Morgan fingerprint density at radius 2 is 1.63 bits per heavy atom. The molecule has 2 N–H and O–H groups in total. The van der Waals surface area contributed by atoms with Crippen molar-refractivity contribution in [1.29, 1.82) is 0 Å². The van der Waals surface area contributed by atoms with Gasteiger partial charge in [-0.2, -0.15) is 0 Å². The van der Waals surface area contributed by atoms with Gasteiger partial charge in [0.1, 0.15) is 11.5 Å². The van der Waals surface area contributed by atoms with Gasteiger partial charge < -0.3 is 10.2 Å². The van der Waals surface area contributed by atoms with Crippen molar-refractivity contribution in [1.82, 2.24) is 0 Å². The molecular formula is C17H26O2. The van der Waals surface area contributed by atoms with Crippen molar-refractivity contribution in [3.63, 3.8) is 0 Å². The van der Waals surface area contributed by atoms with Crippen LogP contribution in [0.5, 0.6) is 11.5 Å². The second-order valence-electron chi connectivity index (χ2n) is 4.94. The van der Waals surface area contributed by atoms with Gasteiger partial charge in [0, 0.05) is 6.07 Å². The molecule has 0 saturated carbocycles. The molecule has 1 rings (SSSR count). The lowest BCUT2D eigenvalue weighted by Gasteiger charge is -1.99. The van der Waals surface area contributed by atoms with Gasteiger partial charge in [-0.25, -0.2) is 0 Å². The first kappa shape index (κ1) is 17.3. The highest BCUT2D eigenvalue weighted by atomic mass is 16.3. The second kappa shape index (κ2) is 9.26. The molecule has 0 aromatic heterocycles. The highest BCUT2D eigenvalue weighted by Crippen LogP contribution is 2.18. The summed E-state index contributed by atoms with van der Waals surface area (Å²) in [6, 6.07) is 4.46. The monoisotopic (exact) mass is 262 g/mol. The lowest BCUT2D eigenvalue weighted by Crippen LogP contribution is -1.78. The van der Waals surface area contributed by atoms with E-state index in [1.807, 2.05) is 0 Å². The summed E-state index contributed by atoms with van der Waals surface area (Å²) in [7, 11) is 0. The Balaban J connectivity index is 0.000000342. The van der Waals surface area contributed by atoms with Crippen LogP contribution in [0.25, 0.3) is 0 Å². The number of aromatic hydroxyl groups is 2. The van der Waals surface area contributed by atoms with Gasteiger partial charge in [-0.3, -0.25) is 0 Å². The summed E-state index contributed by atoms with van der Waals surface area (Å²) in [5, 5.41) is 17.7. The van der Waals surface area contributed by atoms with Crippen LogP contribution in [0.4, 0.5) is 0 Å². The summed E-state index contributed by atoms with van der Waals surface area (Å²) in [4.78, 5) is 0. The number of allylic oxidation sites excluding steroid dienone is 3. The molecule has 0 aliphatic heterocycles. The molecule has 2 nitrogen and oxygen atoms in total. The molecule has 0 amide bonds. The zero-order valence-electron chi connectivity index (χ0n) is 12.5. The van der Waals surface area contributed by atoms with Gasteiger partial charge in [0.25, 0.3) is 0 Å². The molecule has 0 aliphatic carbocycles. The first-order chi connectivity index (χ1) is 8.85. The van der Waals surface area contributed by atoms with Crippen LogP contribution in [-0.2, 0) is 0 Å². The minimum absolute atomic E-state index is 0.104. The molecule has 0 aliphatic rings. The van der Waals surface area contributed by atoms with E-state index in [-0.39, 0.29) is 11.5 Å². The predicted molar refractivity (Wildman–Crippen MR) is 82.6 cm³/mol. The number of rotatable bonds is 4. The third-order valence-electron chi connectivity index (χ3n) is 2.55. The van der Waals surface area contributed by atoms with Crippen LogP contribution in [0, 0.1) is 6.92 Å². The lowest BCUT2D eigenvalue weighted by atomic mass is 10.1. The maximum Gasteiger partial charge on any atom is 0.119 e. The van der Waals surface area contributed by atoms with Crippen LogP contribution >= 0.6 is 0 Å². The maximum atomic E-state index is 8.83. The van der Waals surface area contributed by atoms with Gasteiger partial charge in [0.15, 0.2) is 0 Å². The number of hydrogen-bond donors (Lipinski definition) is 2. The van der Waals surface area contributed by atoms with Crippen molar-refractivity contribution in [2.75, 3.05) is 0 Å². The number of benzene rings is 1. The standard InChI is InChI=1S/C10H18.C7H8O2/c1-5-6-10(4)8-7-9(2)3;1-5-2-6(8)4-7(9)3-5/h6H,2,5,7-8H2,1,3-4H3;2-4,8-9H,1H3/b10-6-;. The van der Waals surface area contributed by atoms with Crippen LogP contribution in [-0.4, -0.2) is 10.2 Å². The Morgan fingerprint density at radius 1 is 1.11 bits per heavy atom. The summed E-state index contributed by atoms with van der Waals surface area (Å²) >= 11 is 0. The van der Waals surface area contributed by atoms with Crippen molar-refractivity contribution in [3.8, 4) is 11.5 Å². The van der Waals surface area contributed by atoms with E-state index in [2.05, 4.69) is 33.4 Å². The Morgan fingerprint density at radius 3 is 2.00 bits per heavy atom. The van der Waals surface area contributed by atoms with Gasteiger partial charge in [-0.05, 0) is 57.7 Å². The Kier molecular flexibility index (Phi) is 8.43. The molecule has 2 heteroatoms. The molecule has 0 fully saturated rings. The van der Waals surface area contributed by atoms with Gasteiger partial charge in [-0.1, -0.05) is 24.1 Å². The van der Waals surface area contributed by atoms with Crippen LogP contribution in [0.3, 0.4) is 0 Å². The van der Waals surface area contributed by atoms with Crippen molar-refractivity contribution in [3.05, 3.63) is 47.6 Å². The number of phenols is 2. The molecule has 19 heavy (non-hydrogen) atoms. The molecule has 0 spiro atoms. The summed E-state index contributed by atoms with van der Waals surface area (Å²) in [6.45, 7) is 12.1. The smallest absolute Gasteiger partial charge is 0.119 e. The van der Waals surface area contributed by atoms with Crippen LogP contribution in [0.2, 0.25) is 0 Å². The van der Waals surface area contributed by atoms with E-state index in [4.69, 9.17) is 10.2 Å². The minimum Gasteiger partial charge on any atom is -0.508 e. The van der Waals surface area contributed by atoms with E-state index in [9.17, 15) is 0 Å². The second-order valence-corrected chi connectivity index (χ2v) is 4.94. The van der Waals surface area contributed by atoms with Crippen LogP contribution < -0.4 is 0 Å². The zero-order chi connectivity index (χ0) is 14.8. The average Bonchev–Trinajstić information content (AvgIpc) is 2.25. The molecule has 0 atom stereocenters. The summed E-state index contributed by atoms with van der Waals surface area (Å²) in [5.74, 6) is 0.208. The van der Waals surface area contributed by atoms with E-state index in [0.29, 0.717) is 0 Å². The molecule has 0 heterocycles. The average molecular weight is 262 g/mol. The van der Waals surface area contributed by atoms with E-state index >= 15 is 0 Å². The van der Waals surface area contributed by atoms with Gasteiger partial charge in [0.2, 0.25) is 0 Å².